The van der Waals surface area contributed by atoms with Gasteiger partial charge in [-0.05, 0) is 60.7 Å². The fourth-order valence-corrected chi connectivity index (χ4v) is 2.90. The summed E-state index contributed by atoms with van der Waals surface area (Å²) in [5.74, 6) is 2.05. The van der Waals surface area contributed by atoms with E-state index in [4.69, 9.17) is 9.47 Å². The minimum absolute atomic E-state index is 0.123. The number of aliphatic hydroxyl groups is 1. The van der Waals surface area contributed by atoms with Gasteiger partial charge in [-0.2, -0.15) is 0 Å². The van der Waals surface area contributed by atoms with Crippen molar-refractivity contribution in [2.24, 2.45) is 0 Å². The molecule has 1 atom stereocenters. The van der Waals surface area contributed by atoms with Gasteiger partial charge in [0, 0.05) is 31.9 Å². The van der Waals surface area contributed by atoms with Gasteiger partial charge in [0.1, 0.15) is 30.0 Å². The van der Waals surface area contributed by atoms with Gasteiger partial charge < -0.3 is 24.8 Å². The summed E-state index contributed by atoms with van der Waals surface area (Å²) in [7, 11) is 1.92. The van der Waals surface area contributed by atoms with E-state index in [-0.39, 0.29) is 12.5 Å². The molecule has 30 heavy (non-hydrogen) atoms. The molecule has 0 saturated carbocycles. The maximum absolute atomic E-state index is 11.0. The third kappa shape index (κ3) is 6.53. The van der Waals surface area contributed by atoms with Crippen molar-refractivity contribution in [1.29, 1.82) is 0 Å². The maximum Gasteiger partial charge on any atom is 0.221 e. The molecule has 0 aliphatic carbocycles. The Labute approximate surface area is 176 Å². The zero-order chi connectivity index (χ0) is 21.3. The maximum atomic E-state index is 11.0. The van der Waals surface area contributed by atoms with Crippen LogP contribution in [0.25, 0.3) is 0 Å². The van der Waals surface area contributed by atoms with Gasteiger partial charge in [-0.3, -0.25) is 4.79 Å². The Balaban J connectivity index is 1.46. The smallest absolute Gasteiger partial charge is 0.221 e. The molecule has 0 aliphatic heterocycles. The van der Waals surface area contributed by atoms with Crippen molar-refractivity contribution in [3.63, 3.8) is 0 Å². The molecule has 0 spiro atoms. The lowest BCUT2D eigenvalue weighted by Crippen LogP contribution is -2.33. The summed E-state index contributed by atoms with van der Waals surface area (Å²) >= 11 is 0. The molecule has 6 nitrogen and oxygen atoms in total. The predicted molar refractivity (Wildman–Crippen MR) is 118 cm³/mol. The van der Waals surface area contributed by atoms with E-state index in [9.17, 15) is 9.90 Å². The number of likely N-dealkylation sites (N-methyl/N-ethyl adjacent to an activating group) is 1. The molecule has 2 N–H and O–H groups in total. The average molecular weight is 406 g/mol. The molecule has 0 radical (unpaired) electrons. The molecule has 3 aromatic rings. The molecule has 156 valence electrons. The summed E-state index contributed by atoms with van der Waals surface area (Å²) in [5, 5.41) is 13.0. The molecule has 0 fully saturated rings. The Hall–Kier alpha value is -3.51. The lowest BCUT2D eigenvalue weighted by molar-refractivity contribution is -0.114. The molecule has 1 amide bonds. The van der Waals surface area contributed by atoms with Gasteiger partial charge in [-0.25, -0.2) is 0 Å². The average Bonchev–Trinajstić information content (AvgIpc) is 2.74. The van der Waals surface area contributed by atoms with Crippen molar-refractivity contribution in [2.75, 3.05) is 30.4 Å². The number of ether oxygens (including phenoxy) is 2. The number of carbonyl (C=O) groups is 1. The van der Waals surface area contributed by atoms with Gasteiger partial charge in [0.15, 0.2) is 0 Å². The molecule has 0 aromatic heterocycles. The molecular weight excluding hydrogens is 380 g/mol. The largest absolute Gasteiger partial charge is 0.491 e. The van der Waals surface area contributed by atoms with Crippen molar-refractivity contribution in [3.8, 4) is 17.2 Å². The Morgan fingerprint density at radius 1 is 0.933 bits per heavy atom. The number of rotatable bonds is 9. The Bertz CT molecular complexity index is 928. The first-order chi connectivity index (χ1) is 14.5. The quantitative estimate of drug-likeness (QED) is 0.554. The summed E-state index contributed by atoms with van der Waals surface area (Å²) in [6, 6.07) is 24.4. The number of amides is 1. The molecule has 0 aliphatic rings. The van der Waals surface area contributed by atoms with Crippen LogP contribution in [0.4, 0.5) is 11.4 Å². The first-order valence-electron chi connectivity index (χ1n) is 9.72. The van der Waals surface area contributed by atoms with E-state index in [1.165, 1.54) is 6.92 Å². The summed E-state index contributed by atoms with van der Waals surface area (Å²) in [5.41, 5.74) is 1.67. The summed E-state index contributed by atoms with van der Waals surface area (Å²) in [6.07, 6.45) is -0.662. The van der Waals surface area contributed by atoms with Crippen LogP contribution in [0.1, 0.15) is 6.92 Å². The number of nitrogens with one attached hydrogen (secondary N) is 1. The lowest BCUT2D eigenvalue weighted by Gasteiger charge is -2.23. The number of aliphatic hydroxyl groups excluding tert-OH is 1. The van der Waals surface area contributed by atoms with Crippen LogP contribution in [0, 0.1) is 0 Å². The second kappa shape index (κ2) is 10.3. The minimum atomic E-state index is -0.662. The van der Waals surface area contributed by atoms with Crippen LogP contribution in [-0.4, -0.2) is 37.3 Å². The van der Waals surface area contributed by atoms with Crippen molar-refractivity contribution in [3.05, 3.63) is 78.9 Å². The van der Waals surface area contributed by atoms with E-state index in [0.29, 0.717) is 18.0 Å². The van der Waals surface area contributed by atoms with Crippen LogP contribution in [0.5, 0.6) is 17.2 Å². The first-order valence-corrected chi connectivity index (χ1v) is 9.72. The molecule has 3 aromatic carbocycles. The third-order valence-corrected chi connectivity index (χ3v) is 4.36. The van der Waals surface area contributed by atoms with E-state index in [1.54, 1.807) is 24.3 Å². The lowest BCUT2D eigenvalue weighted by atomic mass is 10.2. The number of hydrogen-bond acceptors (Lipinski definition) is 5. The molecule has 1 unspecified atom stereocenters. The third-order valence-electron chi connectivity index (χ3n) is 4.36. The van der Waals surface area contributed by atoms with E-state index in [1.807, 2.05) is 66.5 Å². The van der Waals surface area contributed by atoms with Crippen LogP contribution >= 0.6 is 0 Å². The van der Waals surface area contributed by atoms with Gasteiger partial charge in [-0.15, -0.1) is 0 Å². The second-order valence-corrected chi connectivity index (χ2v) is 6.96. The Morgan fingerprint density at radius 3 is 2.17 bits per heavy atom. The van der Waals surface area contributed by atoms with Gasteiger partial charge >= 0.3 is 0 Å². The number of nitrogens with zero attached hydrogens (tertiary/aromatic N) is 1. The first kappa shape index (κ1) is 21.2. The topological polar surface area (TPSA) is 71.0 Å². The van der Waals surface area contributed by atoms with Gasteiger partial charge in [0.25, 0.3) is 0 Å². The second-order valence-electron chi connectivity index (χ2n) is 6.96. The van der Waals surface area contributed by atoms with Crippen LogP contribution in [0.2, 0.25) is 0 Å². The van der Waals surface area contributed by atoms with Crippen LogP contribution < -0.4 is 19.7 Å². The summed E-state index contributed by atoms with van der Waals surface area (Å²) in [4.78, 5) is 13.0. The van der Waals surface area contributed by atoms with Crippen LogP contribution in [0.15, 0.2) is 78.9 Å². The number of carbonyl (C=O) groups excluding carboxylic acids is 1. The summed E-state index contributed by atoms with van der Waals surface area (Å²) < 4.78 is 11.4. The zero-order valence-electron chi connectivity index (χ0n) is 17.1. The van der Waals surface area contributed by atoms with E-state index < -0.39 is 6.10 Å². The van der Waals surface area contributed by atoms with Crippen molar-refractivity contribution in [1.82, 2.24) is 0 Å². The number of anilines is 2. The van der Waals surface area contributed by atoms with E-state index in [2.05, 4.69) is 5.32 Å². The standard InChI is InChI=1S/C24H26N2O4/c1-18(27)25-19-8-12-22(13-9-19)29-17-21(28)16-26(2)20-10-14-24(15-11-20)30-23-6-4-3-5-7-23/h3-15,21,28H,16-17H2,1-2H3,(H,25,27). The highest BCUT2D eigenvalue weighted by atomic mass is 16.5. The fraction of sp³-hybridized carbons (Fsp3) is 0.208. The van der Waals surface area contributed by atoms with E-state index >= 15 is 0 Å². The minimum Gasteiger partial charge on any atom is -0.491 e. The molecule has 6 heteroatoms. The molecule has 0 heterocycles. The molecule has 3 rings (SSSR count). The monoisotopic (exact) mass is 406 g/mol. The van der Waals surface area contributed by atoms with Crippen LogP contribution in [-0.2, 0) is 4.79 Å². The number of para-hydroxylation sites is 1. The van der Waals surface area contributed by atoms with Crippen LogP contribution in [0.3, 0.4) is 0 Å². The zero-order valence-corrected chi connectivity index (χ0v) is 17.1. The normalized spacial score (nSPS) is 11.4. The fourth-order valence-electron chi connectivity index (χ4n) is 2.90. The van der Waals surface area contributed by atoms with Gasteiger partial charge in [0.2, 0.25) is 5.91 Å². The van der Waals surface area contributed by atoms with Crippen molar-refractivity contribution >= 4 is 17.3 Å². The predicted octanol–water partition coefficient (Wildman–Crippen LogP) is 4.31. The molecule has 0 saturated heterocycles. The SMILES string of the molecule is CC(=O)Nc1ccc(OCC(O)CN(C)c2ccc(Oc3ccccc3)cc2)cc1. The Kier molecular flexibility index (Phi) is 7.29. The Morgan fingerprint density at radius 2 is 1.53 bits per heavy atom. The highest BCUT2D eigenvalue weighted by molar-refractivity contribution is 5.88. The van der Waals surface area contributed by atoms with E-state index in [0.717, 1.165) is 17.2 Å². The number of benzene rings is 3. The highest BCUT2D eigenvalue weighted by Crippen LogP contribution is 2.24. The highest BCUT2D eigenvalue weighted by Gasteiger charge is 2.11. The van der Waals surface area contributed by atoms with Crippen molar-refractivity contribution < 1.29 is 19.4 Å². The molecule has 0 bridgehead atoms. The van der Waals surface area contributed by atoms with Gasteiger partial charge in [0.05, 0.1) is 0 Å². The van der Waals surface area contributed by atoms with Crippen molar-refractivity contribution in [2.45, 2.75) is 13.0 Å². The number of hydrogen-bond donors (Lipinski definition) is 2. The summed E-state index contributed by atoms with van der Waals surface area (Å²) in [6.45, 7) is 2.04. The van der Waals surface area contributed by atoms with Gasteiger partial charge in [-0.1, -0.05) is 18.2 Å². The molecular formula is C24H26N2O4.